The van der Waals surface area contributed by atoms with Gasteiger partial charge in [-0.15, -0.1) is 0 Å². The fourth-order valence-electron chi connectivity index (χ4n) is 1.06. The molecule has 0 bridgehead atoms. The molecule has 0 aliphatic rings. The van der Waals surface area contributed by atoms with Gasteiger partial charge < -0.3 is 10.3 Å². The van der Waals surface area contributed by atoms with Gasteiger partial charge in [0.2, 0.25) is 0 Å². The summed E-state index contributed by atoms with van der Waals surface area (Å²) in [5.41, 5.74) is 0.717. The third kappa shape index (κ3) is 1.65. The van der Waals surface area contributed by atoms with Gasteiger partial charge in [0.05, 0.1) is 12.6 Å². The Hall–Kier alpha value is -1.88. The van der Waals surface area contributed by atoms with Crippen LogP contribution in [-0.4, -0.2) is 7.05 Å². The Morgan fingerprint density at radius 3 is 2.46 bits per heavy atom. The van der Waals surface area contributed by atoms with Crippen molar-refractivity contribution in [2.45, 2.75) is 0 Å². The molecule has 0 spiro atoms. The molecule has 0 saturated heterocycles. The lowest BCUT2D eigenvalue weighted by atomic mass is 10.1. The molecule has 1 unspecified atom stereocenters. The van der Waals surface area contributed by atoms with Crippen molar-refractivity contribution in [3.63, 3.8) is 0 Å². The largest absolute Gasteiger partial charge is 0.629 e. The molecule has 0 radical (unpaired) electrons. The van der Waals surface area contributed by atoms with Crippen LogP contribution < -0.4 is 5.06 Å². The lowest BCUT2D eigenvalue weighted by Crippen LogP contribution is -2.98. The van der Waals surface area contributed by atoms with Gasteiger partial charge in [0, 0.05) is 6.07 Å². The minimum atomic E-state index is -0.200. The molecule has 0 saturated carbocycles. The summed E-state index contributed by atoms with van der Waals surface area (Å²) in [6.45, 7) is 0. The summed E-state index contributed by atoms with van der Waals surface area (Å²) in [6.07, 6.45) is 0. The summed E-state index contributed by atoms with van der Waals surface area (Å²) in [7, 11) is 1.37. The van der Waals surface area contributed by atoms with Crippen LogP contribution in [0.25, 0.3) is 0 Å². The van der Waals surface area contributed by atoms with E-state index in [4.69, 9.17) is 10.5 Å². The van der Waals surface area contributed by atoms with Crippen LogP contribution >= 0.6 is 0 Å². The Kier molecular flexibility index (Phi) is 2.61. The molecule has 0 aliphatic carbocycles. The summed E-state index contributed by atoms with van der Waals surface area (Å²) in [5, 5.41) is 28.2. The van der Waals surface area contributed by atoms with E-state index in [0.29, 0.717) is 5.69 Å². The first-order valence-electron chi connectivity index (χ1n) is 3.65. The fraction of sp³-hybridized carbons (Fsp3) is 0.111. The quantitative estimate of drug-likeness (QED) is 0.611. The number of nitriles is 2. The summed E-state index contributed by atoms with van der Waals surface area (Å²) >= 11 is 0. The number of hydroxylamine groups is 1. The molecule has 0 fully saturated rings. The van der Waals surface area contributed by atoms with E-state index < -0.39 is 0 Å². The van der Waals surface area contributed by atoms with Crippen LogP contribution in [0.5, 0.6) is 0 Å². The van der Waals surface area contributed by atoms with Crippen molar-refractivity contribution in [2.75, 3.05) is 7.05 Å². The fourth-order valence-corrected chi connectivity index (χ4v) is 1.06. The van der Waals surface area contributed by atoms with Crippen LogP contribution in [0, 0.1) is 27.9 Å². The number of nitrogens with one attached hydrogen (secondary N) is 1. The van der Waals surface area contributed by atoms with Gasteiger partial charge in [-0.05, 0) is 6.07 Å². The van der Waals surface area contributed by atoms with E-state index in [9.17, 15) is 5.21 Å². The molecule has 0 aromatic heterocycles. The lowest BCUT2D eigenvalue weighted by molar-refractivity contribution is -0.751. The minimum absolute atomic E-state index is 0.164. The first kappa shape index (κ1) is 9.21. The highest BCUT2D eigenvalue weighted by molar-refractivity contribution is 5.57. The zero-order valence-corrected chi connectivity index (χ0v) is 7.03. The maximum Gasteiger partial charge on any atom is 0.150 e. The molecule has 4 heteroatoms. The Morgan fingerprint density at radius 2 is 2.00 bits per heavy atom. The number of hydrogen-bond donors (Lipinski definition) is 1. The SMILES string of the molecule is C[NH+]([O-])c1cccc(C#N)c1C#N. The van der Waals surface area contributed by atoms with Gasteiger partial charge in [0.1, 0.15) is 23.4 Å². The van der Waals surface area contributed by atoms with Crippen LogP contribution in [0.15, 0.2) is 18.2 Å². The molecular weight excluding hydrogens is 166 g/mol. The molecule has 1 rings (SSSR count). The zero-order chi connectivity index (χ0) is 9.84. The van der Waals surface area contributed by atoms with Gasteiger partial charge in [-0.1, -0.05) is 6.07 Å². The molecule has 13 heavy (non-hydrogen) atoms. The van der Waals surface area contributed by atoms with Crippen LogP contribution in [0.3, 0.4) is 0 Å². The van der Waals surface area contributed by atoms with E-state index in [1.165, 1.54) is 13.1 Å². The first-order chi connectivity index (χ1) is 6.20. The second-order valence-electron chi connectivity index (χ2n) is 2.51. The average Bonchev–Trinajstić information content (AvgIpc) is 2.16. The van der Waals surface area contributed by atoms with Crippen molar-refractivity contribution < 1.29 is 5.06 Å². The van der Waals surface area contributed by atoms with Gasteiger partial charge in [-0.2, -0.15) is 10.5 Å². The third-order valence-corrected chi connectivity index (χ3v) is 1.68. The summed E-state index contributed by atoms with van der Waals surface area (Å²) in [5.74, 6) is 0. The predicted octanol–water partition coefficient (Wildman–Crippen LogP) is 0.0740. The second-order valence-corrected chi connectivity index (χ2v) is 2.51. The smallest absolute Gasteiger partial charge is 0.150 e. The van der Waals surface area contributed by atoms with Crippen LogP contribution in [0.4, 0.5) is 5.69 Å². The maximum atomic E-state index is 11.0. The molecule has 0 aliphatic heterocycles. The molecule has 1 aromatic carbocycles. The number of hydrogen-bond acceptors (Lipinski definition) is 3. The number of nitrogens with zero attached hydrogens (tertiary/aromatic N) is 2. The highest BCUT2D eigenvalue weighted by atomic mass is 16.5. The van der Waals surface area contributed by atoms with Crippen molar-refractivity contribution >= 4 is 5.69 Å². The maximum absolute atomic E-state index is 11.0. The van der Waals surface area contributed by atoms with Gasteiger partial charge >= 0.3 is 0 Å². The Balaban J connectivity index is 3.40. The molecule has 1 atom stereocenters. The van der Waals surface area contributed by atoms with E-state index in [0.717, 1.165) is 0 Å². The Bertz CT molecular complexity index is 398. The van der Waals surface area contributed by atoms with Gasteiger partial charge in [-0.3, -0.25) is 0 Å². The van der Waals surface area contributed by atoms with Crippen LogP contribution in [0.1, 0.15) is 11.1 Å². The normalized spacial score (nSPS) is 11.4. The van der Waals surface area contributed by atoms with Crippen molar-refractivity contribution in [1.29, 1.82) is 10.5 Å². The van der Waals surface area contributed by atoms with E-state index in [1.54, 1.807) is 12.1 Å². The van der Waals surface area contributed by atoms with Crippen LogP contribution in [0.2, 0.25) is 0 Å². The van der Waals surface area contributed by atoms with E-state index >= 15 is 0 Å². The molecule has 0 heterocycles. The number of benzene rings is 1. The Labute approximate surface area is 75.8 Å². The number of rotatable bonds is 1. The topological polar surface area (TPSA) is 75.1 Å². The van der Waals surface area contributed by atoms with Gasteiger partial charge in [0.15, 0.2) is 0 Å². The van der Waals surface area contributed by atoms with Crippen molar-refractivity contribution in [2.24, 2.45) is 0 Å². The lowest BCUT2D eigenvalue weighted by Gasteiger charge is -2.16. The monoisotopic (exact) mass is 173 g/mol. The van der Waals surface area contributed by atoms with Gasteiger partial charge in [-0.25, -0.2) is 0 Å². The van der Waals surface area contributed by atoms with Crippen molar-refractivity contribution in [1.82, 2.24) is 0 Å². The summed E-state index contributed by atoms with van der Waals surface area (Å²) in [4.78, 5) is 0. The molecule has 1 N–H and O–H groups in total. The molecule has 1 aromatic rings. The first-order valence-corrected chi connectivity index (χ1v) is 3.65. The molecular formula is C9H7N3O. The third-order valence-electron chi connectivity index (χ3n) is 1.68. The predicted molar refractivity (Wildman–Crippen MR) is 45.8 cm³/mol. The van der Waals surface area contributed by atoms with E-state index in [1.807, 2.05) is 12.1 Å². The molecule has 0 amide bonds. The van der Waals surface area contributed by atoms with Crippen molar-refractivity contribution in [3.05, 3.63) is 34.5 Å². The molecule has 64 valence electrons. The zero-order valence-electron chi connectivity index (χ0n) is 7.03. The number of quaternary nitrogens is 1. The standard InChI is InChI=1S/C9H7N3O/c1-12(13)9-4-2-3-7(5-10)8(9)6-11/h2-4,12H,1H3. The minimum Gasteiger partial charge on any atom is -0.629 e. The second kappa shape index (κ2) is 3.68. The Morgan fingerprint density at radius 1 is 1.31 bits per heavy atom. The highest BCUT2D eigenvalue weighted by Crippen LogP contribution is 2.13. The highest BCUT2D eigenvalue weighted by Gasteiger charge is 2.10. The molecule has 4 nitrogen and oxygen atoms in total. The summed E-state index contributed by atoms with van der Waals surface area (Å²) < 4.78 is 0. The van der Waals surface area contributed by atoms with E-state index in [2.05, 4.69) is 0 Å². The van der Waals surface area contributed by atoms with E-state index in [-0.39, 0.29) is 16.2 Å². The average molecular weight is 173 g/mol. The summed E-state index contributed by atoms with van der Waals surface area (Å²) in [6, 6.07) is 8.38. The van der Waals surface area contributed by atoms with Crippen LogP contribution in [-0.2, 0) is 0 Å². The van der Waals surface area contributed by atoms with Gasteiger partial charge in [0.25, 0.3) is 0 Å². The van der Waals surface area contributed by atoms with Crippen molar-refractivity contribution in [3.8, 4) is 12.1 Å².